The predicted octanol–water partition coefficient (Wildman–Crippen LogP) is 4.97. The van der Waals surface area contributed by atoms with Crippen LogP contribution in [0, 0.1) is 0 Å². The first kappa shape index (κ1) is 17.3. The highest BCUT2D eigenvalue weighted by atomic mass is 16.5. The van der Waals surface area contributed by atoms with Crippen LogP contribution in [0.5, 0.6) is 5.75 Å². The lowest BCUT2D eigenvalue weighted by Gasteiger charge is -2.18. The second-order valence-electron chi connectivity index (χ2n) is 5.64. The van der Waals surface area contributed by atoms with Gasteiger partial charge in [0.1, 0.15) is 12.4 Å². The zero-order valence-electron chi connectivity index (χ0n) is 14.5. The van der Waals surface area contributed by atoms with Crippen molar-refractivity contribution in [3.05, 3.63) is 65.7 Å². The number of benzene rings is 2. The minimum Gasteiger partial charge on any atom is -0.492 e. The quantitative estimate of drug-likeness (QED) is 0.638. The van der Waals surface area contributed by atoms with Gasteiger partial charge in [0.2, 0.25) is 0 Å². The molecule has 0 saturated heterocycles. The van der Waals surface area contributed by atoms with Crippen LogP contribution in [0.2, 0.25) is 0 Å². The minimum atomic E-state index is 0.736. The van der Waals surface area contributed by atoms with Crippen LogP contribution in [-0.2, 0) is 0 Å². The van der Waals surface area contributed by atoms with E-state index >= 15 is 0 Å². The van der Waals surface area contributed by atoms with Crippen molar-refractivity contribution in [3.8, 4) is 5.75 Å². The number of likely N-dealkylation sites (N-methyl/N-ethyl adjacent to an activating group) is 1. The zero-order chi connectivity index (χ0) is 16.5. The number of nitrogens with zero attached hydrogens (tertiary/aromatic N) is 1. The fraction of sp³-hybridized carbons (Fsp3) is 0.333. The van der Waals surface area contributed by atoms with Crippen LogP contribution in [0.15, 0.2) is 54.6 Å². The van der Waals surface area contributed by atoms with Crippen molar-refractivity contribution in [1.29, 1.82) is 0 Å². The first-order valence-corrected chi connectivity index (χ1v) is 8.42. The van der Waals surface area contributed by atoms with Crippen LogP contribution in [0.3, 0.4) is 0 Å². The Morgan fingerprint density at radius 2 is 1.61 bits per heavy atom. The van der Waals surface area contributed by atoms with E-state index in [0.29, 0.717) is 0 Å². The van der Waals surface area contributed by atoms with Crippen LogP contribution in [0.25, 0.3) is 11.6 Å². The van der Waals surface area contributed by atoms with Crippen LogP contribution in [0.4, 0.5) is 0 Å². The molecule has 2 rings (SSSR count). The third-order valence-electron chi connectivity index (χ3n) is 4.06. The molecule has 0 saturated carbocycles. The summed E-state index contributed by atoms with van der Waals surface area (Å²) in [5, 5.41) is 0. The van der Waals surface area contributed by atoms with Crippen molar-refractivity contribution in [2.75, 3.05) is 26.2 Å². The number of hydrogen-bond acceptors (Lipinski definition) is 2. The van der Waals surface area contributed by atoms with Crippen molar-refractivity contribution >= 4 is 11.6 Å². The lowest BCUT2D eigenvalue weighted by molar-refractivity contribution is 0.223. The second-order valence-corrected chi connectivity index (χ2v) is 5.64. The van der Waals surface area contributed by atoms with Crippen LogP contribution in [0.1, 0.15) is 31.9 Å². The van der Waals surface area contributed by atoms with Crippen LogP contribution < -0.4 is 4.74 Å². The molecule has 0 aliphatic carbocycles. The van der Waals surface area contributed by atoms with Gasteiger partial charge in [-0.25, -0.2) is 0 Å². The SMILES string of the molecule is CCN(CC)CCOc1ccc(/C(C)=C/c2ccccc2)cc1. The minimum absolute atomic E-state index is 0.736. The average molecular weight is 309 g/mol. The monoisotopic (exact) mass is 309 g/mol. The first-order chi connectivity index (χ1) is 11.2. The third-order valence-corrected chi connectivity index (χ3v) is 4.06. The van der Waals surface area contributed by atoms with Gasteiger partial charge in [-0.3, -0.25) is 0 Å². The topological polar surface area (TPSA) is 12.5 Å². The molecule has 0 heterocycles. The molecule has 0 bridgehead atoms. The Hall–Kier alpha value is -2.06. The van der Waals surface area contributed by atoms with Crippen molar-refractivity contribution in [1.82, 2.24) is 4.90 Å². The van der Waals surface area contributed by atoms with Gasteiger partial charge in [0, 0.05) is 6.54 Å². The maximum Gasteiger partial charge on any atom is 0.119 e. The normalized spacial score (nSPS) is 11.7. The van der Waals surface area contributed by atoms with E-state index in [2.05, 4.69) is 80.3 Å². The molecule has 0 N–H and O–H groups in total. The molecule has 0 amide bonds. The maximum atomic E-state index is 5.83. The van der Waals surface area contributed by atoms with E-state index in [1.807, 2.05) is 6.07 Å². The molecule has 0 unspecified atom stereocenters. The predicted molar refractivity (Wildman–Crippen MR) is 99.7 cm³/mol. The summed E-state index contributed by atoms with van der Waals surface area (Å²) in [6, 6.07) is 18.8. The van der Waals surface area contributed by atoms with Gasteiger partial charge < -0.3 is 9.64 Å². The van der Waals surface area contributed by atoms with Gasteiger partial charge in [0.05, 0.1) is 0 Å². The average Bonchev–Trinajstić information content (AvgIpc) is 2.60. The molecule has 0 aliphatic heterocycles. The summed E-state index contributed by atoms with van der Waals surface area (Å²) in [7, 11) is 0. The van der Waals surface area contributed by atoms with Gasteiger partial charge >= 0.3 is 0 Å². The number of hydrogen-bond donors (Lipinski definition) is 0. The molecule has 122 valence electrons. The van der Waals surface area contributed by atoms with Crippen LogP contribution in [-0.4, -0.2) is 31.1 Å². The molecule has 2 aromatic rings. The molecule has 0 atom stereocenters. The number of ether oxygens (including phenoxy) is 1. The van der Waals surface area contributed by atoms with Gasteiger partial charge in [0.15, 0.2) is 0 Å². The van der Waals surface area contributed by atoms with E-state index in [-0.39, 0.29) is 0 Å². The maximum absolute atomic E-state index is 5.83. The molecule has 0 aliphatic rings. The molecule has 0 spiro atoms. The second kappa shape index (κ2) is 9.16. The standard InChI is InChI=1S/C21H27NO/c1-4-22(5-2)15-16-23-21-13-11-20(12-14-21)18(3)17-19-9-7-6-8-10-19/h6-14,17H,4-5,15-16H2,1-3H3/b18-17+. The molecule has 23 heavy (non-hydrogen) atoms. The van der Waals surface area contributed by atoms with Gasteiger partial charge in [-0.05, 0) is 48.8 Å². The van der Waals surface area contributed by atoms with Crippen molar-refractivity contribution in [2.45, 2.75) is 20.8 Å². The van der Waals surface area contributed by atoms with Crippen molar-refractivity contribution in [3.63, 3.8) is 0 Å². The highest BCUT2D eigenvalue weighted by Crippen LogP contribution is 2.20. The Balaban J connectivity index is 1.93. The van der Waals surface area contributed by atoms with E-state index in [4.69, 9.17) is 4.74 Å². The van der Waals surface area contributed by atoms with E-state index in [0.717, 1.165) is 32.0 Å². The molecule has 0 radical (unpaired) electrons. The molecular formula is C21H27NO. The summed E-state index contributed by atoms with van der Waals surface area (Å²) < 4.78 is 5.83. The van der Waals surface area contributed by atoms with Crippen molar-refractivity contribution in [2.24, 2.45) is 0 Å². The zero-order valence-corrected chi connectivity index (χ0v) is 14.5. The largest absolute Gasteiger partial charge is 0.492 e. The van der Waals surface area contributed by atoms with E-state index in [1.54, 1.807) is 0 Å². The van der Waals surface area contributed by atoms with Gasteiger partial charge in [-0.2, -0.15) is 0 Å². The lowest BCUT2D eigenvalue weighted by atomic mass is 10.0. The van der Waals surface area contributed by atoms with E-state index in [1.165, 1.54) is 16.7 Å². The van der Waals surface area contributed by atoms with Gasteiger partial charge in [0.25, 0.3) is 0 Å². The first-order valence-electron chi connectivity index (χ1n) is 8.42. The molecule has 0 fully saturated rings. The molecule has 2 heteroatoms. The highest BCUT2D eigenvalue weighted by Gasteiger charge is 2.01. The molecule has 0 aromatic heterocycles. The smallest absolute Gasteiger partial charge is 0.119 e. The summed E-state index contributed by atoms with van der Waals surface area (Å²) in [6.07, 6.45) is 2.20. The fourth-order valence-corrected chi connectivity index (χ4v) is 2.53. The Labute approximate surface area is 140 Å². The molecule has 2 nitrogen and oxygen atoms in total. The van der Waals surface area contributed by atoms with Gasteiger partial charge in [-0.1, -0.05) is 62.4 Å². The van der Waals surface area contributed by atoms with Gasteiger partial charge in [-0.15, -0.1) is 0 Å². The number of rotatable bonds is 8. The Bertz CT molecular complexity index is 597. The Kier molecular flexibility index (Phi) is 6.89. The third kappa shape index (κ3) is 5.57. The van der Waals surface area contributed by atoms with E-state index in [9.17, 15) is 0 Å². The Morgan fingerprint density at radius 3 is 2.22 bits per heavy atom. The summed E-state index contributed by atoms with van der Waals surface area (Å²) in [5.74, 6) is 0.938. The fourth-order valence-electron chi connectivity index (χ4n) is 2.53. The highest BCUT2D eigenvalue weighted by molar-refractivity contribution is 5.80. The Morgan fingerprint density at radius 1 is 0.957 bits per heavy atom. The van der Waals surface area contributed by atoms with Crippen molar-refractivity contribution < 1.29 is 4.74 Å². The number of allylic oxidation sites excluding steroid dienone is 1. The molecular weight excluding hydrogens is 282 g/mol. The van der Waals surface area contributed by atoms with Crippen LogP contribution >= 0.6 is 0 Å². The summed E-state index contributed by atoms with van der Waals surface area (Å²) in [4.78, 5) is 2.36. The molecule has 2 aromatic carbocycles. The lowest BCUT2D eigenvalue weighted by Crippen LogP contribution is -2.27. The summed E-state index contributed by atoms with van der Waals surface area (Å²) >= 11 is 0. The van der Waals surface area contributed by atoms with E-state index < -0.39 is 0 Å². The summed E-state index contributed by atoms with van der Waals surface area (Å²) in [6.45, 7) is 10.4. The summed E-state index contributed by atoms with van der Waals surface area (Å²) in [5.41, 5.74) is 3.71.